The molecule has 13 heteroatoms. The van der Waals surface area contributed by atoms with E-state index in [1.54, 1.807) is 0 Å². The number of carbonyl (C=O) groups is 2. The fourth-order valence-corrected chi connectivity index (χ4v) is 3.54. The molecule has 0 aliphatic rings. The minimum atomic E-state index is -0.642. The van der Waals surface area contributed by atoms with Crippen LogP contribution in [0.3, 0.4) is 0 Å². The van der Waals surface area contributed by atoms with Crippen molar-refractivity contribution >= 4 is 57.5 Å². The summed E-state index contributed by atoms with van der Waals surface area (Å²) >= 11 is 6.85. The average Bonchev–Trinajstić information content (AvgIpc) is 3.20. The molecule has 0 fully saturated rings. The Balaban J connectivity index is 1.52. The molecule has 1 aromatic heterocycles. The Morgan fingerprint density at radius 1 is 1.21 bits per heavy atom. The van der Waals surface area contributed by atoms with E-state index in [0.717, 1.165) is 28.7 Å². The highest BCUT2D eigenvalue weighted by Gasteiger charge is 2.17. The highest BCUT2D eigenvalue weighted by Crippen LogP contribution is 2.25. The average molecular weight is 488 g/mol. The maximum Gasteiger partial charge on any atom is 0.287 e. The van der Waals surface area contributed by atoms with Crippen molar-refractivity contribution in [1.82, 2.24) is 15.6 Å². The monoisotopic (exact) mass is 487 g/mol. The number of hydrogen-bond acceptors (Lipinski definition) is 9. The minimum Gasteiger partial charge on any atom is -0.378 e. The molecule has 3 aromatic rings. The maximum absolute atomic E-state index is 12.3. The van der Waals surface area contributed by atoms with Gasteiger partial charge in [-0.2, -0.15) is 5.10 Å². The topological polar surface area (TPSA) is 143 Å². The van der Waals surface area contributed by atoms with Gasteiger partial charge in [-0.1, -0.05) is 35.1 Å². The summed E-state index contributed by atoms with van der Waals surface area (Å²) in [5.41, 5.74) is 4.11. The van der Waals surface area contributed by atoms with Gasteiger partial charge in [0, 0.05) is 31.4 Å². The number of nitrogens with one attached hydrogen (secondary N) is 2. The van der Waals surface area contributed by atoms with Crippen molar-refractivity contribution in [3.63, 3.8) is 0 Å². The molecule has 0 unspecified atom stereocenters. The van der Waals surface area contributed by atoms with Gasteiger partial charge in [0.05, 0.1) is 17.6 Å². The van der Waals surface area contributed by atoms with Crippen LogP contribution >= 0.6 is 22.9 Å². The van der Waals surface area contributed by atoms with Gasteiger partial charge in [-0.25, -0.2) is 5.43 Å². The Morgan fingerprint density at radius 2 is 1.94 bits per heavy atom. The number of nitrogens with zero attached hydrogens (tertiary/aromatic N) is 5. The van der Waals surface area contributed by atoms with E-state index >= 15 is 0 Å². The van der Waals surface area contributed by atoms with Gasteiger partial charge in [0.25, 0.3) is 11.6 Å². The van der Waals surface area contributed by atoms with Crippen molar-refractivity contribution in [2.24, 2.45) is 5.10 Å². The summed E-state index contributed by atoms with van der Waals surface area (Å²) in [6.45, 7) is 0. The molecule has 33 heavy (non-hydrogen) atoms. The maximum atomic E-state index is 12.3. The van der Waals surface area contributed by atoms with E-state index in [9.17, 15) is 19.7 Å². The summed E-state index contributed by atoms with van der Waals surface area (Å²) in [6.07, 6.45) is 1.45. The van der Waals surface area contributed by atoms with Gasteiger partial charge in [0.15, 0.2) is 0 Å². The Bertz CT molecular complexity index is 1210. The molecule has 0 radical (unpaired) electrons. The lowest BCUT2D eigenvalue weighted by Gasteiger charge is -2.11. The molecule has 11 nitrogen and oxygen atoms in total. The van der Waals surface area contributed by atoms with Crippen LogP contribution in [0.4, 0.5) is 16.5 Å². The fraction of sp³-hybridized carbons (Fsp3) is 0.150. The Kier molecular flexibility index (Phi) is 7.64. The number of rotatable bonds is 8. The first-order chi connectivity index (χ1) is 15.7. The third-order valence-electron chi connectivity index (χ3n) is 4.22. The smallest absolute Gasteiger partial charge is 0.287 e. The first kappa shape index (κ1) is 23.8. The number of benzene rings is 2. The number of carbonyl (C=O) groups excluding carboxylic acids is 2. The third-order valence-corrected chi connectivity index (χ3v) is 5.36. The van der Waals surface area contributed by atoms with Crippen molar-refractivity contribution in [3.8, 4) is 0 Å². The first-order valence-electron chi connectivity index (χ1n) is 9.40. The normalized spacial score (nSPS) is 10.8. The molecule has 2 N–H and O–H groups in total. The van der Waals surface area contributed by atoms with Gasteiger partial charge < -0.3 is 4.90 Å². The van der Waals surface area contributed by atoms with Crippen molar-refractivity contribution < 1.29 is 14.5 Å². The van der Waals surface area contributed by atoms with Crippen LogP contribution in [-0.2, 0) is 11.2 Å². The summed E-state index contributed by atoms with van der Waals surface area (Å²) in [5.74, 6) is -0.962. The molecule has 2 amide bonds. The van der Waals surface area contributed by atoms with Crippen molar-refractivity contribution in [2.45, 2.75) is 6.42 Å². The number of anilines is 2. The molecule has 0 aliphatic heterocycles. The highest BCUT2D eigenvalue weighted by atomic mass is 35.5. The summed E-state index contributed by atoms with van der Waals surface area (Å²) in [5, 5.41) is 25.3. The zero-order chi connectivity index (χ0) is 24.0. The summed E-state index contributed by atoms with van der Waals surface area (Å²) < 4.78 is 0. The molecular weight excluding hydrogens is 470 g/mol. The second-order valence-corrected chi connectivity index (χ2v) is 8.30. The SMILES string of the molecule is CN(C)c1ccc(/C=N\NC(=O)Cc2nnc(NC(=O)c3ccc([N+](=O)[O-])c(Cl)c3)s2)cc1. The number of hydrazone groups is 1. The van der Waals surface area contributed by atoms with E-state index < -0.39 is 16.7 Å². The number of nitro benzene ring substituents is 1. The lowest BCUT2D eigenvalue weighted by molar-refractivity contribution is -0.384. The molecule has 170 valence electrons. The number of halogens is 1. The summed E-state index contributed by atoms with van der Waals surface area (Å²) in [6, 6.07) is 11.2. The van der Waals surface area contributed by atoms with E-state index in [0.29, 0.717) is 5.01 Å². The van der Waals surface area contributed by atoms with Crippen molar-refractivity contribution in [3.05, 3.63) is 73.7 Å². The molecule has 0 saturated carbocycles. The Labute approximate surface area is 197 Å². The number of hydrogen-bond donors (Lipinski definition) is 2. The number of nitro groups is 1. The summed E-state index contributed by atoms with van der Waals surface area (Å²) in [4.78, 5) is 36.5. The van der Waals surface area contributed by atoms with Crippen LogP contribution in [0.25, 0.3) is 0 Å². The van der Waals surface area contributed by atoms with Crippen LogP contribution in [0.1, 0.15) is 20.9 Å². The molecular formula is C20H18ClN7O4S. The zero-order valence-electron chi connectivity index (χ0n) is 17.5. The van der Waals surface area contributed by atoms with Gasteiger partial charge in [-0.05, 0) is 29.8 Å². The van der Waals surface area contributed by atoms with Gasteiger partial charge in [0.2, 0.25) is 11.0 Å². The first-order valence-corrected chi connectivity index (χ1v) is 10.6. The summed E-state index contributed by atoms with van der Waals surface area (Å²) in [7, 11) is 3.89. The van der Waals surface area contributed by atoms with Crippen molar-refractivity contribution in [2.75, 3.05) is 24.3 Å². The number of amides is 2. The molecule has 3 rings (SSSR count). The van der Waals surface area contributed by atoms with Gasteiger partial charge in [0.1, 0.15) is 10.0 Å². The Morgan fingerprint density at radius 3 is 2.58 bits per heavy atom. The van der Waals surface area contributed by atoms with Crippen LogP contribution < -0.4 is 15.6 Å². The second-order valence-electron chi connectivity index (χ2n) is 6.83. The fourth-order valence-electron chi connectivity index (χ4n) is 2.56. The molecule has 0 saturated heterocycles. The van der Waals surface area contributed by atoms with E-state index in [4.69, 9.17) is 11.6 Å². The van der Waals surface area contributed by atoms with Crippen LogP contribution in [0.15, 0.2) is 47.6 Å². The molecule has 0 atom stereocenters. The lowest BCUT2D eigenvalue weighted by Crippen LogP contribution is -2.19. The van der Waals surface area contributed by atoms with Crippen LogP contribution in [-0.4, -0.2) is 47.2 Å². The molecule has 0 aliphatic carbocycles. The van der Waals surface area contributed by atoms with Gasteiger partial charge in [-0.3, -0.25) is 25.0 Å². The van der Waals surface area contributed by atoms with Gasteiger partial charge in [-0.15, -0.1) is 10.2 Å². The molecule has 1 heterocycles. The lowest BCUT2D eigenvalue weighted by atomic mass is 10.2. The van der Waals surface area contributed by atoms with Crippen molar-refractivity contribution in [1.29, 1.82) is 0 Å². The van der Waals surface area contributed by atoms with E-state index in [1.165, 1.54) is 18.3 Å². The second kappa shape index (κ2) is 10.6. The molecule has 0 bridgehead atoms. The quantitative estimate of drug-likeness (QED) is 0.282. The third kappa shape index (κ3) is 6.54. The van der Waals surface area contributed by atoms with Crippen LogP contribution in [0, 0.1) is 10.1 Å². The predicted octanol–water partition coefficient (Wildman–Crippen LogP) is 3.11. The standard InChI is InChI=1S/C20H18ClN7O4S/c1-27(2)14-6-3-12(4-7-14)11-22-24-17(29)10-18-25-26-20(33-18)23-19(30)13-5-8-16(28(31)32)15(21)9-13/h3-9,11H,10H2,1-2H3,(H,24,29)(H,23,26,30)/b22-11-. The zero-order valence-corrected chi connectivity index (χ0v) is 19.1. The minimum absolute atomic E-state index is 0.0756. The number of aromatic nitrogens is 2. The molecule has 0 spiro atoms. The van der Waals surface area contributed by atoms with E-state index in [2.05, 4.69) is 26.0 Å². The molecule has 2 aromatic carbocycles. The largest absolute Gasteiger partial charge is 0.378 e. The van der Waals surface area contributed by atoms with Crippen LogP contribution in [0.2, 0.25) is 5.02 Å². The Hall–Kier alpha value is -3.90. The highest BCUT2D eigenvalue weighted by molar-refractivity contribution is 7.15. The predicted molar refractivity (Wildman–Crippen MR) is 126 cm³/mol. The van der Waals surface area contributed by atoms with Crippen LogP contribution in [0.5, 0.6) is 0 Å². The van der Waals surface area contributed by atoms with Gasteiger partial charge >= 0.3 is 0 Å². The van der Waals surface area contributed by atoms with E-state index in [-0.39, 0.29) is 27.8 Å². The van der Waals surface area contributed by atoms with E-state index in [1.807, 2.05) is 43.3 Å².